The van der Waals surface area contributed by atoms with Crippen molar-refractivity contribution in [3.63, 3.8) is 0 Å². The first-order chi connectivity index (χ1) is 7.41. The van der Waals surface area contributed by atoms with Crippen LogP contribution in [0.4, 0.5) is 0 Å². The highest BCUT2D eigenvalue weighted by molar-refractivity contribution is 4.98. The van der Waals surface area contributed by atoms with Crippen molar-refractivity contribution >= 4 is 0 Å². The molecule has 0 bridgehead atoms. The molecule has 0 saturated heterocycles. The predicted molar refractivity (Wildman–Crippen MR) is 60.4 cm³/mol. The van der Waals surface area contributed by atoms with Crippen molar-refractivity contribution in [1.82, 2.24) is 0 Å². The molecular formula is C12H22O3. The normalized spacial score (nSPS) is 9.73. The lowest BCUT2D eigenvalue weighted by molar-refractivity contribution is -0.0527. The Morgan fingerprint density at radius 1 is 1.00 bits per heavy atom. The van der Waals surface area contributed by atoms with E-state index < -0.39 is 0 Å². The van der Waals surface area contributed by atoms with Crippen molar-refractivity contribution in [3.05, 3.63) is 0 Å². The highest BCUT2D eigenvalue weighted by atomic mass is 16.7. The monoisotopic (exact) mass is 214 g/mol. The van der Waals surface area contributed by atoms with E-state index in [9.17, 15) is 0 Å². The summed E-state index contributed by atoms with van der Waals surface area (Å²) in [6, 6.07) is 0. The minimum Gasteiger partial charge on any atom is -0.395 e. The second-order valence-electron chi connectivity index (χ2n) is 3.22. The summed E-state index contributed by atoms with van der Waals surface area (Å²) in [6.07, 6.45) is 4.79. The van der Waals surface area contributed by atoms with Crippen LogP contribution in [0.25, 0.3) is 0 Å². The lowest BCUT2D eigenvalue weighted by Crippen LogP contribution is -2.02. The van der Waals surface area contributed by atoms with Gasteiger partial charge in [-0.3, -0.25) is 0 Å². The van der Waals surface area contributed by atoms with Crippen LogP contribution in [0.1, 0.15) is 39.0 Å². The summed E-state index contributed by atoms with van der Waals surface area (Å²) in [5.74, 6) is 5.74. The average molecular weight is 214 g/mol. The molecular weight excluding hydrogens is 192 g/mol. The number of ether oxygens (including phenoxy) is 2. The first kappa shape index (κ1) is 14.4. The lowest BCUT2D eigenvalue weighted by atomic mass is 10.3. The quantitative estimate of drug-likeness (QED) is 0.362. The van der Waals surface area contributed by atoms with Gasteiger partial charge in [0.25, 0.3) is 0 Å². The van der Waals surface area contributed by atoms with Crippen molar-refractivity contribution in [3.8, 4) is 11.8 Å². The molecule has 0 fully saturated rings. The van der Waals surface area contributed by atoms with Crippen molar-refractivity contribution in [1.29, 1.82) is 0 Å². The Morgan fingerprint density at radius 3 is 2.47 bits per heavy atom. The molecule has 1 N–H and O–H groups in total. The summed E-state index contributed by atoms with van der Waals surface area (Å²) in [6.45, 7) is 4.05. The maximum atomic E-state index is 8.46. The van der Waals surface area contributed by atoms with Gasteiger partial charge in [-0.1, -0.05) is 19.8 Å². The maximum Gasteiger partial charge on any atom is 0.146 e. The Balaban J connectivity index is 2.96. The molecule has 0 spiro atoms. The zero-order valence-corrected chi connectivity index (χ0v) is 9.63. The molecule has 3 heteroatoms. The molecule has 0 aromatic rings. The van der Waals surface area contributed by atoms with E-state index >= 15 is 0 Å². The Bertz CT molecular complexity index is 169. The van der Waals surface area contributed by atoms with Crippen molar-refractivity contribution in [2.24, 2.45) is 0 Å². The number of hydrogen-bond donors (Lipinski definition) is 1. The Kier molecular flexibility index (Phi) is 12.9. The van der Waals surface area contributed by atoms with Crippen LogP contribution in [0.5, 0.6) is 0 Å². The van der Waals surface area contributed by atoms with E-state index in [4.69, 9.17) is 14.6 Å². The molecule has 15 heavy (non-hydrogen) atoms. The molecule has 0 atom stereocenters. The van der Waals surface area contributed by atoms with Gasteiger partial charge in [0.1, 0.15) is 6.79 Å². The van der Waals surface area contributed by atoms with Gasteiger partial charge in [-0.15, -0.1) is 11.8 Å². The third-order valence-corrected chi connectivity index (χ3v) is 1.79. The van der Waals surface area contributed by atoms with Crippen LogP contribution in [0.2, 0.25) is 0 Å². The van der Waals surface area contributed by atoms with Crippen molar-refractivity contribution in [2.45, 2.75) is 39.0 Å². The second-order valence-corrected chi connectivity index (χ2v) is 3.22. The summed E-state index contributed by atoms with van der Waals surface area (Å²) in [7, 11) is 0. The smallest absolute Gasteiger partial charge is 0.146 e. The van der Waals surface area contributed by atoms with Crippen LogP contribution < -0.4 is 0 Å². The summed E-state index contributed by atoms with van der Waals surface area (Å²) < 4.78 is 10.5. The SMILES string of the molecule is CCCCCOCOCCC#CCCO. The molecule has 0 unspecified atom stereocenters. The number of rotatable bonds is 9. The molecule has 0 aliphatic carbocycles. The second kappa shape index (κ2) is 13.4. The topological polar surface area (TPSA) is 38.7 Å². The van der Waals surface area contributed by atoms with E-state index in [1.807, 2.05) is 0 Å². The first-order valence-electron chi connectivity index (χ1n) is 5.64. The molecule has 0 aliphatic heterocycles. The zero-order valence-electron chi connectivity index (χ0n) is 9.63. The summed E-state index contributed by atoms with van der Waals surface area (Å²) >= 11 is 0. The third kappa shape index (κ3) is 13.4. The average Bonchev–Trinajstić information content (AvgIpc) is 2.26. The first-order valence-corrected chi connectivity index (χ1v) is 5.64. The van der Waals surface area contributed by atoms with E-state index in [1.165, 1.54) is 12.8 Å². The minimum absolute atomic E-state index is 0.133. The summed E-state index contributed by atoms with van der Waals surface area (Å²) in [5.41, 5.74) is 0. The Morgan fingerprint density at radius 2 is 1.73 bits per heavy atom. The van der Waals surface area contributed by atoms with E-state index in [-0.39, 0.29) is 6.61 Å². The van der Waals surface area contributed by atoms with E-state index in [2.05, 4.69) is 18.8 Å². The highest BCUT2D eigenvalue weighted by Crippen LogP contribution is 1.94. The number of aliphatic hydroxyl groups excluding tert-OH is 1. The maximum absolute atomic E-state index is 8.46. The Labute approximate surface area is 92.8 Å². The Hall–Kier alpha value is -0.560. The molecule has 0 aromatic carbocycles. The highest BCUT2D eigenvalue weighted by Gasteiger charge is 1.88. The van der Waals surface area contributed by atoms with Crippen LogP contribution in [0, 0.1) is 11.8 Å². The molecule has 0 aliphatic rings. The van der Waals surface area contributed by atoms with E-state index in [0.29, 0.717) is 26.2 Å². The minimum atomic E-state index is 0.133. The lowest BCUT2D eigenvalue weighted by Gasteiger charge is -2.03. The zero-order chi connectivity index (χ0) is 11.2. The van der Waals surface area contributed by atoms with Gasteiger partial charge in [-0.25, -0.2) is 0 Å². The number of hydrogen-bond acceptors (Lipinski definition) is 3. The van der Waals surface area contributed by atoms with Crippen LogP contribution in [0.3, 0.4) is 0 Å². The van der Waals surface area contributed by atoms with Gasteiger partial charge in [-0.05, 0) is 6.42 Å². The third-order valence-electron chi connectivity index (χ3n) is 1.79. The number of aliphatic hydroxyl groups is 1. The molecule has 0 rings (SSSR count). The van der Waals surface area contributed by atoms with Gasteiger partial charge in [0, 0.05) is 19.4 Å². The molecule has 0 saturated carbocycles. The van der Waals surface area contributed by atoms with Gasteiger partial charge in [0.15, 0.2) is 0 Å². The van der Waals surface area contributed by atoms with Gasteiger partial charge in [0.2, 0.25) is 0 Å². The predicted octanol–water partition coefficient (Wildman–Crippen LogP) is 1.94. The van der Waals surface area contributed by atoms with Gasteiger partial charge in [-0.2, -0.15) is 0 Å². The fourth-order valence-corrected chi connectivity index (χ4v) is 0.987. The van der Waals surface area contributed by atoms with Crippen LogP contribution in [-0.2, 0) is 9.47 Å². The fraction of sp³-hybridized carbons (Fsp3) is 0.833. The fourth-order valence-electron chi connectivity index (χ4n) is 0.987. The molecule has 88 valence electrons. The number of unbranched alkanes of at least 4 members (excludes halogenated alkanes) is 2. The molecule has 0 aromatic heterocycles. The van der Waals surface area contributed by atoms with Crippen LogP contribution in [0.15, 0.2) is 0 Å². The van der Waals surface area contributed by atoms with Crippen molar-refractivity contribution < 1.29 is 14.6 Å². The standard InChI is InChI=1S/C12H22O3/c1-2-3-7-10-14-12-15-11-8-5-4-6-9-13/h13H,2-3,6-12H2,1H3. The van der Waals surface area contributed by atoms with E-state index in [1.54, 1.807) is 0 Å². The summed E-state index contributed by atoms with van der Waals surface area (Å²) in [5, 5.41) is 8.46. The van der Waals surface area contributed by atoms with Crippen LogP contribution in [-0.4, -0.2) is 31.7 Å². The van der Waals surface area contributed by atoms with Gasteiger partial charge in [0.05, 0.1) is 13.2 Å². The van der Waals surface area contributed by atoms with Gasteiger partial charge >= 0.3 is 0 Å². The molecule has 0 amide bonds. The van der Waals surface area contributed by atoms with E-state index in [0.717, 1.165) is 13.0 Å². The molecule has 0 radical (unpaired) electrons. The van der Waals surface area contributed by atoms with Crippen molar-refractivity contribution in [2.75, 3.05) is 26.6 Å². The largest absolute Gasteiger partial charge is 0.395 e. The van der Waals surface area contributed by atoms with Crippen LogP contribution >= 0.6 is 0 Å². The molecule has 3 nitrogen and oxygen atoms in total. The summed E-state index contributed by atoms with van der Waals surface area (Å²) in [4.78, 5) is 0. The molecule has 0 heterocycles. The van der Waals surface area contributed by atoms with Gasteiger partial charge < -0.3 is 14.6 Å².